The van der Waals surface area contributed by atoms with Gasteiger partial charge in [0.2, 0.25) is 5.91 Å². The number of benzene rings is 2. The Labute approximate surface area is 167 Å². The molecular weight excluding hydrogens is 374 g/mol. The number of anilines is 1. The summed E-state index contributed by atoms with van der Waals surface area (Å²) in [4.78, 5) is 37.4. The number of imide groups is 1. The Kier molecular flexibility index (Phi) is 5.28. The largest absolute Gasteiger partial charge is 0.486 e. The van der Waals surface area contributed by atoms with E-state index in [1.165, 1.54) is 13.1 Å². The number of ether oxygens (including phenoxy) is 2. The first kappa shape index (κ1) is 19.1. The zero-order valence-electron chi connectivity index (χ0n) is 15.9. The lowest BCUT2D eigenvalue weighted by Gasteiger charge is -2.20. The van der Waals surface area contributed by atoms with Crippen LogP contribution < -0.4 is 15.4 Å². The maximum absolute atomic E-state index is 12.3. The number of rotatable bonds is 6. The van der Waals surface area contributed by atoms with E-state index in [2.05, 4.69) is 10.6 Å². The van der Waals surface area contributed by atoms with Gasteiger partial charge in [-0.05, 0) is 30.3 Å². The zero-order valence-corrected chi connectivity index (χ0v) is 15.9. The topological polar surface area (TPSA) is 97.0 Å². The summed E-state index contributed by atoms with van der Waals surface area (Å²) in [6.45, 7) is 0.960. The van der Waals surface area contributed by atoms with Crippen molar-refractivity contribution < 1.29 is 23.9 Å². The summed E-state index contributed by atoms with van der Waals surface area (Å²) in [6.07, 6.45) is -0.190. The van der Waals surface area contributed by atoms with Crippen molar-refractivity contribution in [2.24, 2.45) is 0 Å². The van der Waals surface area contributed by atoms with Crippen molar-refractivity contribution in [1.29, 1.82) is 0 Å². The predicted molar refractivity (Wildman–Crippen MR) is 105 cm³/mol. The van der Waals surface area contributed by atoms with Gasteiger partial charge in [-0.25, -0.2) is 0 Å². The first-order chi connectivity index (χ1) is 14.0. The van der Waals surface area contributed by atoms with E-state index < -0.39 is 0 Å². The summed E-state index contributed by atoms with van der Waals surface area (Å²) in [6, 6.07) is 14.0. The van der Waals surface area contributed by atoms with Gasteiger partial charge in [0.25, 0.3) is 11.8 Å². The van der Waals surface area contributed by atoms with Crippen molar-refractivity contribution in [2.75, 3.05) is 32.1 Å². The molecule has 8 heteroatoms. The van der Waals surface area contributed by atoms with Gasteiger partial charge in [-0.1, -0.05) is 18.2 Å². The smallest absolute Gasteiger partial charge is 0.261 e. The Morgan fingerprint density at radius 2 is 1.86 bits per heavy atom. The van der Waals surface area contributed by atoms with Gasteiger partial charge in [0.15, 0.2) is 0 Å². The Morgan fingerprint density at radius 1 is 1.10 bits per heavy atom. The molecule has 1 fully saturated rings. The van der Waals surface area contributed by atoms with E-state index in [-0.39, 0.29) is 36.4 Å². The van der Waals surface area contributed by atoms with Gasteiger partial charge in [0.05, 0.1) is 36.9 Å². The molecule has 150 valence electrons. The second kappa shape index (κ2) is 8.02. The molecule has 2 atom stereocenters. The van der Waals surface area contributed by atoms with Crippen molar-refractivity contribution in [3.63, 3.8) is 0 Å². The van der Waals surface area contributed by atoms with Gasteiger partial charge in [-0.15, -0.1) is 0 Å². The molecule has 0 unspecified atom stereocenters. The maximum Gasteiger partial charge on any atom is 0.261 e. The first-order valence-electron chi connectivity index (χ1n) is 9.32. The van der Waals surface area contributed by atoms with E-state index in [0.29, 0.717) is 30.0 Å². The molecule has 2 N–H and O–H groups in total. The third-order valence-corrected chi connectivity index (χ3v) is 4.96. The van der Waals surface area contributed by atoms with Crippen LogP contribution in [0.1, 0.15) is 20.7 Å². The molecule has 29 heavy (non-hydrogen) atoms. The second-order valence-corrected chi connectivity index (χ2v) is 6.97. The molecule has 0 radical (unpaired) electrons. The molecule has 0 spiro atoms. The third-order valence-electron chi connectivity index (χ3n) is 4.96. The molecule has 1 saturated heterocycles. The number of amides is 3. The lowest BCUT2D eigenvalue weighted by atomic mass is 10.1. The highest BCUT2D eigenvalue weighted by Crippen LogP contribution is 2.24. The molecule has 0 aromatic heterocycles. The average Bonchev–Trinajstić information content (AvgIpc) is 3.25. The maximum atomic E-state index is 12.3. The van der Waals surface area contributed by atoms with Crippen molar-refractivity contribution in [3.8, 4) is 5.75 Å². The highest BCUT2D eigenvalue weighted by molar-refractivity contribution is 6.21. The van der Waals surface area contributed by atoms with Crippen LogP contribution in [0.3, 0.4) is 0 Å². The summed E-state index contributed by atoms with van der Waals surface area (Å²) in [5.74, 6) is -0.222. The second-order valence-electron chi connectivity index (χ2n) is 6.97. The van der Waals surface area contributed by atoms with Gasteiger partial charge in [-0.3, -0.25) is 19.3 Å². The molecule has 3 amide bonds. The van der Waals surface area contributed by atoms with Crippen LogP contribution in [0.4, 0.5) is 5.69 Å². The Bertz CT molecular complexity index is 947. The molecule has 8 nitrogen and oxygen atoms in total. The number of para-hydroxylation sites is 1. The van der Waals surface area contributed by atoms with E-state index in [1.807, 2.05) is 30.3 Å². The quantitative estimate of drug-likeness (QED) is 0.716. The molecule has 2 aliphatic rings. The van der Waals surface area contributed by atoms with Crippen LogP contribution in [0.2, 0.25) is 0 Å². The first-order valence-corrected chi connectivity index (χ1v) is 9.32. The summed E-state index contributed by atoms with van der Waals surface area (Å²) in [5, 5.41) is 5.90. The molecule has 0 bridgehead atoms. The normalized spacial score (nSPS) is 20.7. The zero-order chi connectivity index (χ0) is 20.4. The summed E-state index contributed by atoms with van der Waals surface area (Å²) < 4.78 is 11.4. The van der Waals surface area contributed by atoms with Crippen LogP contribution in [-0.4, -0.2) is 61.6 Å². The van der Waals surface area contributed by atoms with Crippen LogP contribution >= 0.6 is 0 Å². The van der Waals surface area contributed by atoms with Gasteiger partial charge in [-0.2, -0.15) is 0 Å². The van der Waals surface area contributed by atoms with Gasteiger partial charge in [0, 0.05) is 12.7 Å². The lowest BCUT2D eigenvalue weighted by molar-refractivity contribution is -0.115. The van der Waals surface area contributed by atoms with Crippen LogP contribution in [0.5, 0.6) is 5.75 Å². The minimum Gasteiger partial charge on any atom is -0.486 e. The highest BCUT2D eigenvalue weighted by atomic mass is 16.5. The van der Waals surface area contributed by atoms with E-state index in [1.54, 1.807) is 12.1 Å². The number of fused-ring (bicyclic) bond motifs is 1. The number of nitrogens with one attached hydrogen (secondary N) is 2. The monoisotopic (exact) mass is 395 g/mol. The molecular formula is C21H21N3O5. The van der Waals surface area contributed by atoms with Crippen molar-refractivity contribution in [3.05, 3.63) is 59.7 Å². The van der Waals surface area contributed by atoms with Gasteiger partial charge < -0.3 is 20.1 Å². The fourth-order valence-corrected chi connectivity index (χ4v) is 3.38. The number of nitrogens with zero attached hydrogens (tertiary/aromatic N) is 1. The summed E-state index contributed by atoms with van der Waals surface area (Å²) >= 11 is 0. The molecule has 2 aliphatic heterocycles. The van der Waals surface area contributed by atoms with Crippen molar-refractivity contribution in [2.45, 2.75) is 12.1 Å². The van der Waals surface area contributed by atoms with Gasteiger partial charge in [0.1, 0.15) is 11.9 Å². The van der Waals surface area contributed by atoms with E-state index in [4.69, 9.17) is 9.47 Å². The predicted octanol–water partition coefficient (Wildman–Crippen LogP) is 1.29. The lowest BCUT2D eigenvalue weighted by Crippen LogP contribution is -2.45. The van der Waals surface area contributed by atoms with Crippen molar-refractivity contribution >= 4 is 23.4 Å². The molecule has 0 saturated carbocycles. The Morgan fingerprint density at radius 3 is 2.66 bits per heavy atom. The minimum atomic E-state index is -0.372. The van der Waals surface area contributed by atoms with Crippen LogP contribution in [0.15, 0.2) is 48.5 Å². The molecule has 2 heterocycles. The Hall–Kier alpha value is -3.23. The third kappa shape index (κ3) is 3.98. The molecule has 2 aromatic carbocycles. The molecule has 0 aliphatic carbocycles. The standard InChI is InChI=1S/C21H21N3O5/c1-24-20(26)15-8-7-13(9-16(15)21(24)27)23-19(25)10-22-17-11-28-12-18(17)29-14-5-3-2-4-6-14/h2-9,17-18,22H,10-12H2,1H3,(H,23,25)/t17-,18+/m1/s1. The SMILES string of the molecule is CN1C(=O)c2ccc(NC(=O)CN[C@@H]3COC[C@@H]3Oc3ccccc3)cc2C1=O. The highest BCUT2D eigenvalue weighted by Gasteiger charge is 2.33. The summed E-state index contributed by atoms with van der Waals surface area (Å²) in [5.41, 5.74) is 1.10. The van der Waals surface area contributed by atoms with Crippen LogP contribution in [0.25, 0.3) is 0 Å². The van der Waals surface area contributed by atoms with E-state index >= 15 is 0 Å². The summed E-state index contributed by atoms with van der Waals surface area (Å²) in [7, 11) is 1.43. The Balaban J connectivity index is 1.32. The number of carbonyl (C=O) groups is 3. The fourth-order valence-electron chi connectivity index (χ4n) is 3.38. The van der Waals surface area contributed by atoms with Crippen LogP contribution in [0, 0.1) is 0 Å². The van der Waals surface area contributed by atoms with Crippen LogP contribution in [-0.2, 0) is 9.53 Å². The number of hydrogen-bond donors (Lipinski definition) is 2. The van der Waals surface area contributed by atoms with Crippen molar-refractivity contribution in [1.82, 2.24) is 10.2 Å². The molecule has 2 aromatic rings. The number of hydrogen-bond acceptors (Lipinski definition) is 6. The fraction of sp³-hybridized carbons (Fsp3) is 0.286. The van der Waals surface area contributed by atoms with E-state index in [0.717, 1.165) is 10.6 Å². The van der Waals surface area contributed by atoms with E-state index in [9.17, 15) is 14.4 Å². The minimum absolute atomic E-state index is 0.0620. The number of carbonyl (C=O) groups excluding carboxylic acids is 3. The molecule has 4 rings (SSSR count). The van der Waals surface area contributed by atoms with Gasteiger partial charge >= 0.3 is 0 Å². The average molecular weight is 395 g/mol.